The van der Waals surface area contributed by atoms with E-state index in [1.165, 1.54) is 29.2 Å². The van der Waals surface area contributed by atoms with Gasteiger partial charge in [-0.25, -0.2) is 0 Å². The van der Waals surface area contributed by atoms with Crippen LogP contribution in [0.2, 0.25) is 5.04 Å². The summed E-state index contributed by atoms with van der Waals surface area (Å²) in [4.78, 5) is 13.4. The molecule has 4 nitrogen and oxygen atoms in total. The lowest BCUT2D eigenvalue weighted by molar-refractivity contribution is -0.140. The van der Waals surface area contributed by atoms with Gasteiger partial charge in [-0.05, 0) is 53.7 Å². The van der Waals surface area contributed by atoms with Crippen LogP contribution >= 0.6 is 11.8 Å². The Kier molecular flexibility index (Phi) is 10.6. The van der Waals surface area contributed by atoms with Gasteiger partial charge < -0.3 is 14.3 Å². The third-order valence-electron chi connectivity index (χ3n) is 6.67. The molecule has 198 valence electrons. The summed E-state index contributed by atoms with van der Waals surface area (Å²) in [6.45, 7) is 8.90. The summed E-state index contributed by atoms with van der Waals surface area (Å²) in [6, 6.07) is 30.9. The quantitative estimate of drug-likeness (QED) is 0.180. The Morgan fingerprint density at radius 3 is 1.81 bits per heavy atom. The Morgan fingerprint density at radius 1 is 0.865 bits per heavy atom. The number of rotatable bonds is 12. The number of thioether (sulfide) groups is 1. The number of hydrogen-bond acceptors (Lipinski definition) is 5. The van der Waals surface area contributed by atoms with Crippen molar-refractivity contribution >= 4 is 36.4 Å². The maximum Gasteiger partial charge on any atom is 0.319 e. The van der Waals surface area contributed by atoms with E-state index in [-0.39, 0.29) is 17.1 Å². The van der Waals surface area contributed by atoms with Crippen molar-refractivity contribution in [3.63, 3.8) is 0 Å². The van der Waals surface area contributed by atoms with Gasteiger partial charge in [0.2, 0.25) is 0 Å². The van der Waals surface area contributed by atoms with Gasteiger partial charge in [0.05, 0.1) is 13.2 Å². The van der Waals surface area contributed by atoms with Crippen molar-refractivity contribution in [2.24, 2.45) is 0 Å². The van der Waals surface area contributed by atoms with Crippen molar-refractivity contribution in [3.8, 4) is 0 Å². The van der Waals surface area contributed by atoms with Gasteiger partial charge in [-0.1, -0.05) is 99.6 Å². The zero-order valence-electron chi connectivity index (χ0n) is 22.6. The highest BCUT2D eigenvalue weighted by Gasteiger charge is 2.50. The second-order valence-corrected chi connectivity index (χ2v) is 16.0. The maximum absolute atomic E-state index is 12.4. The van der Waals surface area contributed by atoms with E-state index >= 15 is 0 Å². The average Bonchev–Trinajstić information content (AvgIpc) is 2.90. The van der Waals surface area contributed by atoms with Gasteiger partial charge in [0.25, 0.3) is 8.32 Å². The van der Waals surface area contributed by atoms with Crippen LogP contribution in [0.5, 0.6) is 0 Å². The molecule has 3 aromatic rings. The molecule has 0 aliphatic heterocycles. The molecule has 0 saturated heterocycles. The minimum absolute atomic E-state index is 0.0701. The molecule has 0 aliphatic carbocycles. The number of ether oxygens (including phenoxy) is 1. The molecule has 3 rings (SSSR count). The first-order chi connectivity index (χ1) is 17.7. The standard InChI is InChI=1S/C31H40O4SSi/c1-24(21-22-25(32)23-29(30(33)34-5)36-26-15-9-6-10-16-26)35-37(31(2,3)4,27-17-11-7-12-18-27)28-19-13-8-14-20-28/h6-20,24-25,29,32H,21-23H2,1-5H3/t24-,25+,29?/m1/s1. The van der Waals surface area contributed by atoms with Crippen molar-refractivity contribution in [1.29, 1.82) is 0 Å². The largest absolute Gasteiger partial charge is 0.468 e. The van der Waals surface area contributed by atoms with Gasteiger partial charge in [0.15, 0.2) is 0 Å². The summed E-state index contributed by atoms with van der Waals surface area (Å²) in [5, 5.41) is 12.8. The van der Waals surface area contributed by atoms with Gasteiger partial charge in [-0.15, -0.1) is 11.8 Å². The molecule has 0 aromatic heterocycles. The second-order valence-electron chi connectivity index (χ2n) is 10.5. The van der Waals surface area contributed by atoms with E-state index in [1.54, 1.807) is 0 Å². The van der Waals surface area contributed by atoms with Crippen LogP contribution in [0.15, 0.2) is 95.9 Å². The minimum atomic E-state index is -2.65. The van der Waals surface area contributed by atoms with Crippen molar-refractivity contribution in [2.75, 3.05) is 7.11 Å². The maximum atomic E-state index is 12.4. The van der Waals surface area contributed by atoms with Crippen molar-refractivity contribution in [2.45, 2.75) is 74.3 Å². The predicted octanol–water partition coefficient (Wildman–Crippen LogP) is 5.82. The summed E-state index contributed by atoms with van der Waals surface area (Å²) < 4.78 is 12.1. The third kappa shape index (κ3) is 7.57. The van der Waals surface area contributed by atoms with E-state index in [1.807, 2.05) is 42.5 Å². The highest BCUT2D eigenvalue weighted by molar-refractivity contribution is 8.00. The zero-order chi connectivity index (χ0) is 26.9. The number of aliphatic hydroxyl groups is 1. The Balaban J connectivity index is 1.75. The first-order valence-electron chi connectivity index (χ1n) is 12.9. The van der Waals surface area contributed by atoms with Crippen LogP contribution < -0.4 is 10.4 Å². The molecule has 0 aliphatic rings. The van der Waals surface area contributed by atoms with Crippen LogP contribution in [0.1, 0.15) is 47.0 Å². The molecule has 0 heterocycles. The molecule has 37 heavy (non-hydrogen) atoms. The number of benzene rings is 3. The molecule has 3 aromatic carbocycles. The summed E-state index contributed by atoms with van der Waals surface area (Å²) in [5.74, 6) is -0.315. The lowest BCUT2D eigenvalue weighted by atomic mass is 10.1. The van der Waals surface area contributed by atoms with Gasteiger partial charge in [0.1, 0.15) is 5.25 Å². The van der Waals surface area contributed by atoms with Gasteiger partial charge in [-0.3, -0.25) is 4.79 Å². The second kappa shape index (κ2) is 13.4. The molecule has 0 radical (unpaired) electrons. The molecule has 0 fully saturated rings. The number of hydrogen-bond donors (Lipinski definition) is 1. The highest BCUT2D eigenvalue weighted by Crippen LogP contribution is 2.38. The molecule has 3 atom stereocenters. The fraction of sp³-hybridized carbons (Fsp3) is 0.387. The van der Waals surface area contributed by atoms with E-state index < -0.39 is 19.7 Å². The number of carbonyl (C=O) groups excluding carboxylic acids is 1. The van der Waals surface area contributed by atoms with E-state index in [0.717, 1.165) is 4.90 Å². The van der Waals surface area contributed by atoms with Crippen LogP contribution in [0.25, 0.3) is 0 Å². The number of esters is 1. The van der Waals surface area contributed by atoms with Gasteiger partial charge in [0, 0.05) is 11.0 Å². The zero-order valence-corrected chi connectivity index (χ0v) is 24.4. The molecule has 6 heteroatoms. The SMILES string of the molecule is COC(=O)C(C[C@@H](O)CC[C@@H](C)O[Si](c1ccccc1)(c1ccccc1)C(C)(C)C)Sc1ccccc1. The first kappa shape index (κ1) is 29.2. The van der Waals surface area contributed by atoms with Crippen molar-refractivity contribution in [3.05, 3.63) is 91.0 Å². The Morgan fingerprint density at radius 2 is 1.35 bits per heavy atom. The summed E-state index contributed by atoms with van der Waals surface area (Å²) in [5.41, 5.74) is 0. The molecular weight excluding hydrogens is 496 g/mol. The summed E-state index contributed by atoms with van der Waals surface area (Å²) >= 11 is 1.43. The normalized spacial score (nSPS) is 14.5. The average molecular weight is 537 g/mol. The van der Waals surface area contributed by atoms with Crippen LogP contribution in [0, 0.1) is 0 Å². The van der Waals surface area contributed by atoms with Crippen molar-refractivity contribution < 1.29 is 19.1 Å². The van der Waals surface area contributed by atoms with Gasteiger partial charge >= 0.3 is 5.97 Å². The molecule has 0 saturated carbocycles. The molecule has 0 amide bonds. The van der Waals surface area contributed by atoms with Crippen LogP contribution in [-0.4, -0.2) is 44.0 Å². The molecular formula is C31H40O4SSi. The lowest BCUT2D eigenvalue weighted by Crippen LogP contribution is -2.67. The monoisotopic (exact) mass is 536 g/mol. The fourth-order valence-corrected chi connectivity index (χ4v) is 10.7. The Hall–Kier alpha value is -2.38. The summed E-state index contributed by atoms with van der Waals surface area (Å²) in [6.07, 6.45) is 0.862. The fourth-order valence-electron chi connectivity index (χ4n) is 4.83. The van der Waals surface area contributed by atoms with E-state index in [9.17, 15) is 9.90 Å². The molecule has 1 N–H and O–H groups in total. The number of carbonyl (C=O) groups is 1. The smallest absolute Gasteiger partial charge is 0.319 e. The topological polar surface area (TPSA) is 55.8 Å². The lowest BCUT2D eigenvalue weighted by Gasteiger charge is -2.44. The number of aliphatic hydroxyl groups excluding tert-OH is 1. The highest BCUT2D eigenvalue weighted by atomic mass is 32.2. The Labute approximate surface area is 227 Å². The van der Waals surface area contributed by atoms with Crippen LogP contribution in [0.3, 0.4) is 0 Å². The third-order valence-corrected chi connectivity index (χ3v) is 13.0. The summed E-state index contributed by atoms with van der Waals surface area (Å²) in [7, 11) is -1.26. The van der Waals surface area contributed by atoms with E-state index in [4.69, 9.17) is 9.16 Å². The van der Waals surface area contributed by atoms with Crippen molar-refractivity contribution in [1.82, 2.24) is 0 Å². The molecule has 0 bridgehead atoms. The Bertz CT molecular complexity index is 1050. The number of methoxy groups -OCH3 is 1. The van der Waals surface area contributed by atoms with Crippen LogP contribution in [-0.2, 0) is 14.0 Å². The predicted molar refractivity (Wildman–Crippen MR) is 156 cm³/mol. The van der Waals surface area contributed by atoms with E-state index in [0.29, 0.717) is 19.3 Å². The van der Waals surface area contributed by atoms with Gasteiger partial charge in [-0.2, -0.15) is 0 Å². The van der Waals surface area contributed by atoms with E-state index in [2.05, 4.69) is 76.2 Å². The first-order valence-corrected chi connectivity index (χ1v) is 15.7. The minimum Gasteiger partial charge on any atom is -0.468 e. The molecule has 0 spiro atoms. The molecule has 1 unspecified atom stereocenters. The van der Waals surface area contributed by atoms with Crippen LogP contribution in [0.4, 0.5) is 0 Å².